The van der Waals surface area contributed by atoms with E-state index in [1.165, 1.54) is 23.6 Å². The van der Waals surface area contributed by atoms with Gasteiger partial charge in [0.1, 0.15) is 0 Å². The maximum Gasteiger partial charge on any atom is 0.218 e. The first-order chi connectivity index (χ1) is 11.2. The molecule has 0 spiro atoms. The second-order valence-corrected chi connectivity index (χ2v) is 6.55. The molecule has 2 aromatic rings. The molecule has 1 aromatic heterocycles. The number of aromatic nitrogens is 1. The molecule has 23 heavy (non-hydrogen) atoms. The Bertz CT molecular complexity index is 643. The van der Waals surface area contributed by atoms with Gasteiger partial charge in [-0.3, -0.25) is 0 Å². The van der Waals surface area contributed by atoms with Gasteiger partial charge < -0.3 is 0 Å². The summed E-state index contributed by atoms with van der Waals surface area (Å²) in [5.41, 5.74) is 3.36. The second-order valence-electron chi connectivity index (χ2n) is 6.55. The normalized spacial score (nSPS) is 21.3. The SMILES string of the molecule is CCCc1ccc(C2CCC(c3ccc(F)nc3F)CC2)cc1. The Balaban J connectivity index is 1.63. The molecule has 0 atom stereocenters. The lowest BCUT2D eigenvalue weighted by Crippen LogP contribution is -2.14. The lowest BCUT2D eigenvalue weighted by atomic mass is 9.76. The van der Waals surface area contributed by atoms with E-state index in [9.17, 15) is 8.78 Å². The molecular formula is C20H23F2N. The van der Waals surface area contributed by atoms with Gasteiger partial charge >= 0.3 is 0 Å². The fraction of sp³-hybridized carbons (Fsp3) is 0.450. The Morgan fingerprint density at radius 3 is 2.17 bits per heavy atom. The summed E-state index contributed by atoms with van der Waals surface area (Å²) >= 11 is 0. The van der Waals surface area contributed by atoms with Crippen LogP contribution >= 0.6 is 0 Å². The van der Waals surface area contributed by atoms with Gasteiger partial charge in [0.15, 0.2) is 0 Å². The zero-order valence-electron chi connectivity index (χ0n) is 13.6. The zero-order chi connectivity index (χ0) is 16.2. The first-order valence-corrected chi connectivity index (χ1v) is 8.58. The Morgan fingerprint density at radius 2 is 1.57 bits per heavy atom. The summed E-state index contributed by atoms with van der Waals surface area (Å²) in [6, 6.07) is 11.8. The maximum absolute atomic E-state index is 13.8. The predicted octanol–water partition coefficient (Wildman–Crippen LogP) is 5.75. The van der Waals surface area contributed by atoms with E-state index in [1.807, 2.05) is 0 Å². The van der Waals surface area contributed by atoms with Crippen LogP contribution in [0.4, 0.5) is 8.78 Å². The molecule has 0 N–H and O–H groups in total. The molecule has 1 aromatic carbocycles. The lowest BCUT2D eigenvalue weighted by molar-refractivity contribution is 0.381. The molecule has 3 heteroatoms. The number of halogens is 2. The smallest absolute Gasteiger partial charge is 0.190 e. The fourth-order valence-electron chi connectivity index (χ4n) is 3.71. The van der Waals surface area contributed by atoms with Crippen molar-refractivity contribution < 1.29 is 8.78 Å². The van der Waals surface area contributed by atoms with Crippen molar-refractivity contribution in [2.24, 2.45) is 0 Å². The number of rotatable bonds is 4. The molecule has 1 heterocycles. The third kappa shape index (κ3) is 3.77. The standard InChI is InChI=1S/C20H23F2N/c1-2-3-14-4-6-15(7-5-14)16-8-10-17(11-9-16)18-12-13-19(21)23-20(18)22/h4-7,12-13,16-17H,2-3,8-11H2,1H3. The number of pyridine rings is 1. The molecule has 1 aliphatic carbocycles. The van der Waals surface area contributed by atoms with Crippen LogP contribution in [0.5, 0.6) is 0 Å². The number of hydrogen-bond donors (Lipinski definition) is 0. The molecule has 1 fully saturated rings. The van der Waals surface area contributed by atoms with Crippen LogP contribution in [0.3, 0.4) is 0 Å². The van der Waals surface area contributed by atoms with Gasteiger partial charge in [-0.2, -0.15) is 13.8 Å². The second kappa shape index (κ2) is 7.20. The maximum atomic E-state index is 13.8. The van der Waals surface area contributed by atoms with Crippen LogP contribution in [0.25, 0.3) is 0 Å². The van der Waals surface area contributed by atoms with Crippen molar-refractivity contribution in [2.75, 3.05) is 0 Å². The minimum absolute atomic E-state index is 0.165. The van der Waals surface area contributed by atoms with Gasteiger partial charge in [-0.1, -0.05) is 37.6 Å². The quantitative estimate of drug-likeness (QED) is 0.654. The predicted molar refractivity (Wildman–Crippen MR) is 88.5 cm³/mol. The minimum atomic E-state index is -0.743. The first-order valence-electron chi connectivity index (χ1n) is 8.58. The van der Waals surface area contributed by atoms with Gasteiger partial charge in [0.05, 0.1) is 0 Å². The summed E-state index contributed by atoms with van der Waals surface area (Å²) < 4.78 is 26.8. The Labute approximate surface area is 136 Å². The molecule has 0 unspecified atom stereocenters. The van der Waals surface area contributed by atoms with E-state index in [4.69, 9.17) is 0 Å². The monoisotopic (exact) mass is 315 g/mol. The van der Waals surface area contributed by atoms with Crippen molar-refractivity contribution in [3.63, 3.8) is 0 Å². The molecule has 3 rings (SSSR count). The Morgan fingerprint density at radius 1 is 0.913 bits per heavy atom. The highest BCUT2D eigenvalue weighted by Gasteiger charge is 2.25. The van der Waals surface area contributed by atoms with Crippen LogP contribution in [-0.2, 0) is 6.42 Å². The van der Waals surface area contributed by atoms with Crippen molar-refractivity contribution in [3.05, 3.63) is 65.0 Å². The van der Waals surface area contributed by atoms with Crippen LogP contribution in [0.15, 0.2) is 36.4 Å². The van der Waals surface area contributed by atoms with Crippen molar-refractivity contribution in [3.8, 4) is 0 Å². The average Bonchev–Trinajstić information content (AvgIpc) is 2.56. The van der Waals surface area contributed by atoms with E-state index in [0.29, 0.717) is 11.5 Å². The molecule has 1 nitrogen and oxygen atoms in total. The van der Waals surface area contributed by atoms with Crippen LogP contribution in [-0.4, -0.2) is 4.98 Å². The van der Waals surface area contributed by atoms with Crippen LogP contribution in [0, 0.1) is 11.9 Å². The number of nitrogens with zero attached hydrogens (tertiary/aromatic N) is 1. The van der Waals surface area contributed by atoms with Crippen molar-refractivity contribution in [2.45, 2.75) is 57.3 Å². The van der Waals surface area contributed by atoms with Gasteiger partial charge in [0.25, 0.3) is 0 Å². The van der Waals surface area contributed by atoms with E-state index < -0.39 is 11.9 Å². The Hall–Kier alpha value is -1.77. The molecule has 1 saturated carbocycles. The van der Waals surface area contributed by atoms with E-state index >= 15 is 0 Å². The molecule has 0 saturated heterocycles. The highest BCUT2D eigenvalue weighted by Crippen LogP contribution is 2.40. The fourth-order valence-corrected chi connectivity index (χ4v) is 3.71. The zero-order valence-corrected chi connectivity index (χ0v) is 13.6. The Kier molecular flexibility index (Phi) is 5.04. The van der Waals surface area contributed by atoms with E-state index in [1.54, 1.807) is 6.07 Å². The van der Waals surface area contributed by atoms with Gasteiger partial charge in [-0.15, -0.1) is 0 Å². The molecule has 1 aliphatic rings. The first kappa shape index (κ1) is 16.1. The number of benzene rings is 1. The molecule has 0 aliphatic heterocycles. The van der Waals surface area contributed by atoms with E-state index in [-0.39, 0.29) is 5.92 Å². The molecule has 0 amide bonds. The van der Waals surface area contributed by atoms with Gasteiger partial charge in [0, 0.05) is 5.56 Å². The van der Waals surface area contributed by atoms with E-state index in [2.05, 4.69) is 36.2 Å². The van der Waals surface area contributed by atoms with Crippen LogP contribution in [0.2, 0.25) is 0 Å². The summed E-state index contributed by atoms with van der Waals surface area (Å²) in [6.07, 6.45) is 6.27. The summed E-state index contributed by atoms with van der Waals surface area (Å²) in [5, 5.41) is 0. The highest BCUT2D eigenvalue weighted by molar-refractivity contribution is 5.27. The van der Waals surface area contributed by atoms with Gasteiger partial charge in [0.2, 0.25) is 11.9 Å². The summed E-state index contributed by atoms with van der Waals surface area (Å²) in [7, 11) is 0. The third-order valence-electron chi connectivity index (χ3n) is 5.00. The topological polar surface area (TPSA) is 12.9 Å². The van der Waals surface area contributed by atoms with Crippen molar-refractivity contribution in [1.29, 1.82) is 0 Å². The van der Waals surface area contributed by atoms with Crippen LogP contribution in [0.1, 0.15) is 67.6 Å². The van der Waals surface area contributed by atoms with Gasteiger partial charge in [-0.25, -0.2) is 0 Å². The number of aryl methyl sites for hydroxylation is 1. The minimum Gasteiger partial charge on any atom is -0.190 e. The van der Waals surface area contributed by atoms with Crippen molar-refractivity contribution in [1.82, 2.24) is 4.98 Å². The van der Waals surface area contributed by atoms with Gasteiger partial charge in [-0.05, 0) is 67.2 Å². The summed E-state index contributed by atoms with van der Waals surface area (Å²) in [4.78, 5) is 3.32. The molecular weight excluding hydrogens is 292 g/mol. The number of hydrogen-bond acceptors (Lipinski definition) is 1. The molecule has 0 radical (unpaired) electrons. The van der Waals surface area contributed by atoms with Crippen molar-refractivity contribution >= 4 is 0 Å². The van der Waals surface area contributed by atoms with Crippen LogP contribution < -0.4 is 0 Å². The largest absolute Gasteiger partial charge is 0.218 e. The lowest BCUT2D eigenvalue weighted by Gasteiger charge is -2.29. The van der Waals surface area contributed by atoms with E-state index in [0.717, 1.165) is 32.1 Å². The third-order valence-corrected chi connectivity index (χ3v) is 5.00. The summed E-state index contributed by atoms with van der Waals surface area (Å²) in [6.45, 7) is 2.19. The average molecular weight is 315 g/mol. The molecule has 122 valence electrons. The molecule has 0 bridgehead atoms. The highest BCUT2D eigenvalue weighted by atomic mass is 19.1. The summed E-state index contributed by atoms with van der Waals surface area (Å²) in [5.74, 6) is -0.665.